The Kier molecular flexibility index (Phi) is 4.46. The number of ether oxygens (including phenoxy) is 1. The van der Waals surface area contributed by atoms with E-state index in [0.29, 0.717) is 6.07 Å². The van der Waals surface area contributed by atoms with E-state index in [0.717, 1.165) is 18.2 Å². The molecule has 1 aromatic carbocycles. The van der Waals surface area contributed by atoms with Gasteiger partial charge in [0.1, 0.15) is 17.1 Å². The van der Waals surface area contributed by atoms with E-state index in [9.17, 15) is 22.4 Å². The zero-order valence-electron chi connectivity index (χ0n) is 11.4. The van der Waals surface area contributed by atoms with Crippen LogP contribution in [0.4, 0.5) is 17.6 Å². The van der Waals surface area contributed by atoms with Crippen LogP contribution in [-0.4, -0.2) is 16.1 Å². The Morgan fingerprint density at radius 1 is 1.30 bits per heavy atom. The van der Waals surface area contributed by atoms with E-state index in [1.165, 1.54) is 6.92 Å². The zero-order valence-corrected chi connectivity index (χ0v) is 12.2. The number of carbonyl (C=O) groups is 1. The average molecular weight is 350 g/mol. The van der Waals surface area contributed by atoms with Crippen LogP contribution in [0.3, 0.4) is 0 Å². The fourth-order valence-corrected chi connectivity index (χ4v) is 1.99. The van der Waals surface area contributed by atoms with Crippen LogP contribution < -0.4 is 4.74 Å². The second kappa shape index (κ2) is 6.04. The molecule has 9 heteroatoms. The van der Waals surface area contributed by atoms with Crippen LogP contribution in [0.25, 0.3) is 0 Å². The number of rotatable bonds is 3. The molecule has 0 bridgehead atoms. The van der Waals surface area contributed by atoms with Gasteiger partial charge < -0.3 is 9.84 Å². The average Bonchev–Trinajstić information content (AvgIpc) is 2.41. The lowest BCUT2D eigenvalue weighted by molar-refractivity contribution is -0.141. The molecular formula is C14H8ClF4NO3. The van der Waals surface area contributed by atoms with Gasteiger partial charge in [-0.05, 0) is 36.8 Å². The predicted molar refractivity (Wildman–Crippen MR) is 72.4 cm³/mol. The van der Waals surface area contributed by atoms with E-state index in [-0.39, 0.29) is 11.3 Å². The molecule has 2 aromatic rings. The van der Waals surface area contributed by atoms with Gasteiger partial charge in [0.2, 0.25) is 5.88 Å². The Morgan fingerprint density at radius 2 is 1.96 bits per heavy atom. The molecule has 0 aliphatic heterocycles. The zero-order chi connectivity index (χ0) is 17.4. The number of halogens is 5. The molecular weight excluding hydrogens is 342 g/mol. The maximum absolute atomic E-state index is 13.0. The number of pyridine rings is 1. The van der Waals surface area contributed by atoms with Crippen molar-refractivity contribution in [3.8, 4) is 11.6 Å². The number of hydrogen-bond acceptors (Lipinski definition) is 3. The van der Waals surface area contributed by atoms with Gasteiger partial charge in [0.05, 0.1) is 5.02 Å². The van der Waals surface area contributed by atoms with Gasteiger partial charge in [-0.2, -0.15) is 13.2 Å². The van der Waals surface area contributed by atoms with Gasteiger partial charge in [0, 0.05) is 0 Å². The lowest BCUT2D eigenvalue weighted by atomic mass is 10.2. The SMILES string of the molecule is Cc1cc(F)ccc1Oc1nc(C(F)(F)F)c(Cl)cc1C(=O)O. The number of carboxylic acid groups (broad SMARTS) is 1. The number of aromatic nitrogens is 1. The summed E-state index contributed by atoms with van der Waals surface area (Å²) in [6.45, 7) is 1.44. The van der Waals surface area contributed by atoms with Gasteiger partial charge in [0.15, 0.2) is 5.69 Å². The lowest BCUT2D eigenvalue weighted by Crippen LogP contribution is -2.12. The van der Waals surface area contributed by atoms with Crippen molar-refractivity contribution in [3.63, 3.8) is 0 Å². The molecule has 4 nitrogen and oxygen atoms in total. The summed E-state index contributed by atoms with van der Waals surface area (Å²) in [5, 5.41) is 8.19. The largest absolute Gasteiger partial charge is 0.477 e. The van der Waals surface area contributed by atoms with Crippen LogP contribution in [0.5, 0.6) is 11.6 Å². The molecule has 0 saturated heterocycles. The highest BCUT2D eigenvalue weighted by Gasteiger charge is 2.37. The van der Waals surface area contributed by atoms with Gasteiger partial charge in [0.25, 0.3) is 0 Å². The van der Waals surface area contributed by atoms with E-state index in [2.05, 4.69) is 4.98 Å². The summed E-state index contributed by atoms with van der Waals surface area (Å²) in [5.74, 6) is -2.96. The smallest absolute Gasteiger partial charge is 0.434 e. The topological polar surface area (TPSA) is 59.4 Å². The van der Waals surface area contributed by atoms with E-state index in [4.69, 9.17) is 21.4 Å². The van der Waals surface area contributed by atoms with E-state index >= 15 is 0 Å². The summed E-state index contributed by atoms with van der Waals surface area (Å²) in [7, 11) is 0. The summed E-state index contributed by atoms with van der Waals surface area (Å²) >= 11 is 5.43. The maximum atomic E-state index is 13.0. The first-order valence-electron chi connectivity index (χ1n) is 6.04. The predicted octanol–water partition coefficient (Wildman–Crippen LogP) is 4.69. The van der Waals surface area contributed by atoms with Crippen molar-refractivity contribution in [3.05, 3.63) is 51.9 Å². The molecule has 0 fully saturated rings. The van der Waals surface area contributed by atoms with Gasteiger partial charge in [-0.1, -0.05) is 11.6 Å². The van der Waals surface area contributed by atoms with Crippen molar-refractivity contribution in [1.82, 2.24) is 4.98 Å². The molecule has 0 aliphatic carbocycles. The number of aryl methyl sites for hydroxylation is 1. The van der Waals surface area contributed by atoms with Crippen molar-refractivity contribution >= 4 is 17.6 Å². The molecule has 122 valence electrons. The molecule has 0 amide bonds. The fourth-order valence-electron chi connectivity index (χ4n) is 1.73. The summed E-state index contributed by atoms with van der Waals surface area (Å²) < 4.78 is 56.7. The third-order valence-electron chi connectivity index (χ3n) is 2.78. The molecule has 0 radical (unpaired) electrons. The van der Waals surface area contributed by atoms with Crippen LogP contribution in [0.15, 0.2) is 24.3 Å². The number of nitrogens with zero attached hydrogens (tertiary/aromatic N) is 1. The fraction of sp³-hybridized carbons (Fsp3) is 0.143. The minimum absolute atomic E-state index is 0.0307. The Labute approximate surface area is 132 Å². The van der Waals surface area contributed by atoms with Crippen LogP contribution in [0.1, 0.15) is 21.6 Å². The van der Waals surface area contributed by atoms with Gasteiger partial charge in [-0.25, -0.2) is 14.2 Å². The van der Waals surface area contributed by atoms with Crippen LogP contribution in [0.2, 0.25) is 5.02 Å². The molecule has 2 rings (SSSR count). The van der Waals surface area contributed by atoms with Crippen molar-refractivity contribution in [2.75, 3.05) is 0 Å². The summed E-state index contributed by atoms with van der Waals surface area (Å²) in [4.78, 5) is 14.3. The number of aromatic carboxylic acids is 1. The number of alkyl halides is 3. The quantitative estimate of drug-likeness (QED) is 0.816. The first-order chi connectivity index (χ1) is 10.6. The highest BCUT2D eigenvalue weighted by atomic mass is 35.5. The Bertz CT molecular complexity index is 777. The van der Waals surface area contributed by atoms with Crippen LogP contribution in [0, 0.1) is 12.7 Å². The van der Waals surface area contributed by atoms with Crippen LogP contribution in [-0.2, 0) is 6.18 Å². The summed E-state index contributed by atoms with van der Waals surface area (Å²) in [5.41, 5.74) is -1.86. The first-order valence-corrected chi connectivity index (χ1v) is 6.42. The second-order valence-electron chi connectivity index (χ2n) is 4.49. The third-order valence-corrected chi connectivity index (χ3v) is 3.07. The molecule has 1 aromatic heterocycles. The molecule has 0 atom stereocenters. The lowest BCUT2D eigenvalue weighted by Gasteiger charge is -2.14. The normalized spacial score (nSPS) is 11.4. The molecule has 1 heterocycles. The third kappa shape index (κ3) is 3.70. The molecule has 0 spiro atoms. The standard InChI is InChI=1S/C14H8ClF4NO3/c1-6-4-7(16)2-3-10(6)23-12-8(13(21)22)5-9(15)11(20-12)14(17,18)19/h2-5H,1H3,(H,21,22). The summed E-state index contributed by atoms with van der Waals surface area (Å²) in [6, 6.07) is 3.85. The minimum atomic E-state index is -4.88. The maximum Gasteiger partial charge on any atom is 0.434 e. The highest BCUT2D eigenvalue weighted by Crippen LogP contribution is 2.37. The van der Waals surface area contributed by atoms with Gasteiger partial charge in [-0.3, -0.25) is 0 Å². The van der Waals surface area contributed by atoms with Crippen molar-refractivity contribution in [1.29, 1.82) is 0 Å². The monoisotopic (exact) mass is 349 g/mol. The Balaban J connectivity index is 2.57. The van der Waals surface area contributed by atoms with Crippen molar-refractivity contribution < 1.29 is 32.2 Å². The van der Waals surface area contributed by atoms with Gasteiger partial charge in [-0.15, -0.1) is 0 Å². The molecule has 0 saturated carbocycles. The number of carboxylic acids is 1. The molecule has 0 aliphatic rings. The Morgan fingerprint density at radius 3 is 2.48 bits per heavy atom. The first kappa shape index (κ1) is 17.0. The van der Waals surface area contributed by atoms with Crippen LogP contribution >= 0.6 is 11.6 Å². The molecule has 1 N–H and O–H groups in total. The van der Waals surface area contributed by atoms with E-state index < -0.39 is 40.1 Å². The van der Waals surface area contributed by atoms with Gasteiger partial charge >= 0.3 is 12.1 Å². The molecule has 0 unspecified atom stereocenters. The summed E-state index contributed by atoms with van der Waals surface area (Å²) in [6.07, 6.45) is -4.88. The minimum Gasteiger partial charge on any atom is -0.477 e. The van der Waals surface area contributed by atoms with Crippen molar-refractivity contribution in [2.24, 2.45) is 0 Å². The number of benzene rings is 1. The highest BCUT2D eigenvalue weighted by molar-refractivity contribution is 6.31. The molecule has 23 heavy (non-hydrogen) atoms. The van der Waals surface area contributed by atoms with Crippen molar-refractivity contribution in [2.45, 2.75) is 13.1 Å². The second-order valence-corrected chi connectivity index (χ2v) is 4.89. The Hall–Kier alpha value is -2.35. The van der Waals surface area contributed by atoms with E-state index in [1.54, 1.807) is 0 Å². The van der Waals surface area contributed by atoms with E-state index in [1.807, 2.05) is 0 Å². The number of hydrogen-bond donors (Lipinski definition) is 1.